The number of aliphatic carboxylic acids is 7. The monoisotopic (exact) mass is 1380 g/mol. The van der Waals surface area contributed by atoms with Gasteiger partial charge < -0.3 is 82.5 Å². The fraction of sp³-hybridized carbons (Fsp3) is 0.338. The predicted molar refractivity (Wildman–Crippen MR) is 377 cm³/mol. The Balaban J connectivity index is 0.000000137. The number of ether oxygens (including phenoxy) is 1. The molecule has 0 aliphatic carbocycles. The highest BCUT2D eigenvalue weighted by Gasteiger charge is 2.35. The molecule has 7 aromatic carbocycles. The first kappa shape index (κ1) is 75.1. The van der Waals surface area contributed by atoms with Crippen LogP contribution in [0.5, 0.6) is 5.75 Å². The second kappa shape index (κ2) is 37.3. The Morgan fingerprint density at radius 2 is 0.842 bits per heavy atom. The Morgan fingerprint density at radius 3 is 1.37 bits per heavy atom. The van der Waals surface area contributed by atoms with Gasteiger partial charge >= 0.3 is 41.8 Å². The highest BCUT2D eigenvalue weighted by atomic mass is 16.5. The molecule has 16 N–H and O–H groups in total. The maximum Gasteiger partial charge on any atom is 0.321 e. The maximum atomic E-state index is 10.9. The van der Waals surface area contributed by atoms with E-state index in [1.165, 1.54) is 16.7 Å². The van der Waals surface area contributed by atoms with Gasteiger partial charge in [0.15, 0.2) is 0 Å². The third-order valence-corrected chi connectivity index (χ3v) is 18.8. The SMILES string of the molecule is O=C(O)[C@@H]1C[C@@H](OCc2ccccc2)CN1.O=C(O)[C@@H]1C[C@@H](c2ccccc2)CN1.O=C(O)[C@@H]1C[C@H](c2ccccc2)CN1.O=C(O)[C@@H]1Cc2c([nH]c3ccccc23)CN1.O=C(O)[C@@H]1Cc2ccc(O)cc2CN1.O=C(O)[C@@H]1Cc2ccccc2CN1.O=C(O)[C@H]1NCC[C@H]1c1ccccc1. The minimum absolute atomic E-state index is 0.00121. The number of hydrogen-bond acceptors (Lipinski definition) is 16. The van der Waals surface area contributed by atoms with Crippen LogP contribution in [0, 0.1) is 0 Å². The van der Waals surface area contributed by atoms with Crippen molar-refractivity contribution >= 4 is 52.7 Å². The van der Waals surface area contributed by atoms with Gasteiger partial charge in [-0.1, -0.05) is 170 Å². The van der Waals surface area contributed by atoms with Crippen molar-refractivity contribution < 1.29 is 79.2 Å². The molecule has 7 aliphatic heterocycles. The van der Waals surface area contributed by atoms with Crippen molar-refractivity contribution in [2.45, 2.75) is 137 Å². The zero-order valence-electron chi connectivity index (χ0n) is 55.7. The zero-order chi connectivity index (χ0) is 71.8. The molecular weight excluding hydrogens is 1290 g/mol. The number of nitrogens with one attached hydrogen (secondary N) is 8. The van der Waals surface area contributed by atoms with Crippen LogP contribution in [0.1, 0.15) is 99.2 Å². The van der Waals surface area contributed by atoms with Crippen LogP contribution in [0.15, 0.2) is 188 Å². The number of aromatic amines is 1. The third-order valence-electron chi connectivity index (χ3n) is 18.8. The minimum atomic E-state index is -0.830. The molecule has 1 aromatic heterocycles. The summed E-state index contributed by atoms with van der Waals surface area (Å²) < 4.78 is 5.64. The zero-order valence-corrected chi connectivity index (χ0v) is 55.7. The average molecular weight is 1380 g/mol. The van der Waals surface area contributed by atoms with Crippen LogP contribution in [0.4, 0.5) is 0 Å². The molecule has 7 aliphatic rings. The van der Waals surface area contributed by atoms with Crippen molar-refractivity contribution in [3.05, 3.63) is 244 Å². The van der Waals surface area contributed by atoms with Crippen LogP contribution in [0.25, 0.3) is 10.9 Å². The van der Waals surface area contributed by atoms with Crippen LogP contribution in [-0.4, -0.2) is 162 Å². The quantitative estimate of drug-likeness (QED) is 0.0542. The van der Waals surface area contributed by atoms with Gasteiger partial charge in [0.05, 0.1) is 12.7 Å². The predicted octanol–water partition coefficient (Wildman–Crippen LogP) is 7.21. The molecule has 4 saturated heterocycles. The molecule has 0 bridgehead atoms. The molecule has 8 heterocycles. The van der Waals surface area contributed by atoms with E-state index in [0.29, 0.717) is 83.1 Å². The summed E-state index contributed by atoms with van der Waals surface area (Å²) in [7, 11) is 0. The summed E-state index contributed by atoms with van der Waals surface area (Å²) in [6, 6.07) is 57.8. The molecule has 24 nitrogen and oxygen atoms in total. The lowest BCUT2D eigenvalue weighted by atomic mass is 9.92. The smallest absolute Gasteiger partial charge is 0.321 e. The highest BCUT2D eigenvalue weighted by molar-refractivity contribution is 5.86. The van der Waals surface area contributed by atoms with Crippen LogP contribution < -0.4 is 37.2 Å². The van der Waals surface area contributed by atoms with E-state index in [1.54, 1.807) is 18.2 Å². The Labute approximate surface area is 584 Å². The first-order valence-corrected chi connectivity index (χ1v) is 33.8. The van der Waals surface area contributed by atoms with Crippen molar-refractivity contribution in [2.75, 3.05) is 26.2 Å². The maximum absolute atomic E-state index is 10.9. The van der Waals surface area contributed by atoms with E-state index in [1.807, 2.05) is 146 Å². The molecule has 0 amide bonds. The molecule has 101 heavy (non-hydrogen) atoms. The fourth-order valence-electron chi connectivity index (χ4n) is 13.3. The van der Waals surface area contributed by atoms with Gasteiger partial charge in [0.25, 0.3) is 0 Å². The molecule has 11 atom stereocenters. The lowest BCUT2D eigenvalue weighted by Gasteiger charge is -2.22. The summed E-state index contributed by atoms with van der Waals surface area (Å²) in [6.45, 7) is 5.23. The normalized spacial score (nSPS) is 23.4. The van der Waals surface area contributed by atoms with Gasteiger partial charge in [0.1, 0.15) is 48.0 Å². The Kier molecular flexibility index (Phi) is 27.7. The van der Waals surface area contributed by atoms with Crippen molar-refractivity contribution in [3.63, 3.8) is 0 Å². The average Bonchev–Trinajstić information content (AvgIpc) is 1.65. The number of phenolic OH excluding ortho intramolecular Hbond substituents is 1. The van der Waals surface area contributed by atoms with Gasteiger partial charge in [-0.15, -0.1) is 0 Å². The number of H-pyrrole nitrogens is 1. The van der Waals surface area contributed by atoms with Gasteiger partial charge in [0, 0.05) is 74.6 Å². The Hall–Kier alpha value is -10.2. The summed E-state index contributed by atoms with van der Waals surface area (Å²) in [5.41, 5.74) is 12.3. The lowest BCUT2D eigenvalue weighted by molar-refractivity contribution is -0.140. The third kappa shape index (κ3) is 21.9. The van der Waals surface area contributed by atoms with E-state index in [4.69, 9.17) is 40.5 Å². The second-order valence-electron chi connectivity index (χ2n) is 25.6. The summed E-state index contributed by atoms with van der Waals surface area (Å²) in [5.74, 6) is -4.40. The summed E-state index contributed by atoms with van der Waals surface area (Å²) in [4.78, 5) is 78.7. The molecule has 0 spiro atoms. The number of benzene rings is 7. The number of rotatable bonds is 13. The Bertz CT molecular complexity index is 3970. The number of aromatic hydroxyl groups is 1. The summed E-state index contributed by atoms with van der Waals surface area (Å²) in [6.07, 6.45) is 4.45. The van der Waals surface area contributed by atoms with Crippen LogP contribution >= 0.6 is 0 Å². The molecule has 0 saturated carbocycles. The number of aromatic nitrogens is 1. The van der Waals surface area contributed by atoms with E-state index >= 15 is 0 Å². The molecule has 24 heteroatoms. The van der Waals surface area contributed by atoms with Crippen molar-refractivity contribution in [1.29, 1.82) is 0 Å². The van der Waals surface area contributed by atoms with Gasteiger partial charge in [-0.25, -0.2) is 0 Å². The van der Waals surface area contributed by atoms with Crippen molar-refractivity contribution in [1.82, 2.24) is 42.2 Å². The summed E-state index contributed by atoms with van der Waals surface area (Å²) >= 11 is 0. The van der Waals surface area contributed by atoms with Gasteiger partial charge in [-0.05, 0) is 119 Å². The number of carboxylic acids is 7. The highest BCUT2D eigenvalue weighted by Crippen LogP contribution is 2.30. The first-order chi connectivity index (χ1) is 48.8. The fourth-order valence-corrected chi connectivity index (χ4v) is 13.3. The number of carboxylic acid groups (broad SMARTS) is 7. The molecule has 4 fully saturated rings. The first-order valence-electron chi connectivity index (χ1n) is 33.8. The van der Waals surface area contributed by atoms with Crippen molar-refractivity contribution in [3.8, 4) is 5.75 Å². The largest absolute Gasteiger partial charge is 0.508 e. The van der Waals surface area contributed by atoms with E-state index < -0.39 is 72.0 Å². The lowest BCUT2D eigenvalue weighted by Crippen LogP contribution is -2.41. The molecule has 532 valence electrons. The standard InChI is InChI=1S/C12H12N2O2.C12H15NO3.3C11H13NO2.C10H11NO3.C10H11NO2/c15-12(16)10-5-8-7-3-1-2-4-9(7)14-11(8)6-13-10;14-12(15)11-6-10(7-13-11)16-8-9-4-2-1-3-5-9;2*13-11(14)10-6-9(7-12-10)8-4-2-1-3-5-8;13-11(14)10-9(6-7-12-10)8-4-2-1-3-5-8;12-8-2-1-6-4-9(10(13)14)11-5-7(6)3-8;12-10(13)9-5-7-3-1-2-4-8(7)6-11-9/h1-4,10,13-14H,5-6H2,(H,15,16);1-5,10-11,13H,6-8H2,(H,14,15);3*1-5,9-10,12H,6-7H2,(H,13,14);1-3,9,11-12H,4-5H2,(H,13,14);1-4,9,11H,5-6H2,(H,12,13)/t10-;10-,11+;9-,10+;2*9-,10-;2*9-/m0110000/s1. The van der Waals surface area contributed by atoms with E-state index in [0.717, 1.165) is 76.0 Å². The Morgan fingerprint density at radius 1 is 0.396 bits per heavy atom. The van der Waals surface area contributed by atoms with Gasteiger partial charge in [0.2, 0.25) is 0 Å². The van der Waals surface area contributed by atoms with E-state index in [2.05, 4.69) is 66.5 Å². The molecule has 0 radical (unpaired) electrons. The molecule has 0 unspecified atom stereocenters. The second-order valence-corrected chi connectivity index (χ2v) is 25.6. The van der Waals surface area contributed by atoms with Crippen LogP contribution in [0.3, 0.4) is 0 Å². The molecule has 15 rings (SSSR count). The summed E-state index contributed by atoms with van der Waals surface area (Å²) in [5, 5.41) is 93.2. The number of phenols is 1. The minimum Gasteiger partial charge on any atom is -0.508 e. The van der Waals surface area contributed by atoms with Gasteiger partial charge in [-0.2, -0.15) is 0 Å². The number of carbonyl (C=O) groups is 7. The van der Waals surface area contributed by atoms with Crippen molar-refractivity contribution in [2.24, 2.45) is 0 Å². The molecule has 8 aromatic rings. The van der Waals surface area contributed by atoms with E-state index in [9.17, 15) is 38.7 Å². The number of para-hydroxylation sites is 1. The number of hydrogen-bond donors (Lipinski definition) is 16. The number of fused-ring (bicyclic) bond motifs is 5. The van der Waals surface area contributed by atoms with E-state index in [-0.39, 0.29) is 29.9 Å². The van der Waals surface area contributed by atoms with Crippen LogP contribution in [-0.2, 0) is 83.8 Å². The van der Waals surface area contributed by atoms with Crippen LogP contribution in [0.2, 0.25) is 0 Å². The molecular formula is C77H88N8O16. The van der Waals surface area contributed by atoms with Gasteiger partial charge in [-0.3, -0.25) is 38.9 Å². The topological polar surface area (TPSA) is 391 Å².